The molecule has 0 aliphatic carbocycles. The lowest BCUT2D eigenvalue weighted by molar-refractivity contribution is -0.177. The first kappa shape index (κ1) is 12.1. The topological polar surface area (TPSA) is 58.6 Å². The van der Waals surface area contributed by atoms with E-state index in [1.165, 1.54) is 0 Å². The molecule has 0 spiro atoms. The molecule has 0 aromatic heterocycles. The predicted molar refractivity (Wildman–Crippen MR) is 63.5 cm³/mol. The molecular formula is C13H17NO3. The Morgan fingerprint density at radius 3 is 2.71 bits per heavy atom. The van der Waals surface area contributed by atoms with Gasteiger partial charge in [0.1, 0.15) is 0 Å². The van der Waals surface area contributed by atoms with E-state index in [9.17, 15) is 9.90 Å². The van der Waals surface area contributed by atoms with Gasteiger partial charge >= 0.3 is 5.97 Å². The van der Waals surface area contributed by atoms with Crippen LogP contribution in [0, 0.1) is 0 Å². The zero-order chi connectivity index (χ0) is 12.1. The number of aliphatic carboxylic acids is 1. The molecule has 1 atom stereocenters. The first-order chi connectivity index (χ1) is 8.23. The van der Waals surface area contributed by atoms with E-state index in [1.54, 1.807) is 0 Å². The fourth-order valence-corrected chi connectivity index (χ4v) is 2.03. The van der Waals surface area contributed by atoms with Gasteiger partial charge in [-0.05, 0) is 24.9 Å². The van der Waals surface area contributed by atoms with Gasteiger partial charge in [-0.2, -0.15) is 0 Å². The molecule has 1 unspecified atom stereocenters. The summed E-state index contributed by atoms with van der Waals surface area (Å²) in [6.45, 7) is 1.02. The second-order valence-corrected chi connectivity index (χ2v) is 4.29. The number of hydrogen-bond acceptors (Lipinski definition) is 3. The average Bonchev–Trinajstić information content (AvgIpc) is 2.38. The van der Waals surface area contributed by atoms with Crippen molar-refractivity contribution < 1.29 is 14.6 Å². The van der Waals surface area contributed by atoms with Gasteiger partial charge in [0, 0.05) is 6.42 Å². The Labute approximate surface area is 101 Å². The maximum Gasteiger partial charge on any atom is 0.351 e. The molecule has 1 aliphatic rings. The standard InChI is InChI=1S/C13H17NO3/c15-12(16)13(8-4-5-9-14-13)17-10-11-6-2-1-3-7-11/h1-3,6-7,14H,4-5,8-10H2,(H,15,16). The van der Waals surface area contributed by atoms with Crippen LogP contribution in [0.5, 0.6) is 0 Å². The molecule has 0 amide bonds. The van der Waals surface area contributed by atoms with E-state index < -0.39 is 11.7 Å². The van der Waals surface area contributed by atoms with E-state index in [1.807, 2.05) is 30.3 Å². The number of nitrogens with one attached hydrogen (secondary N) is 1. The van der Waals surface area contributed by atoms with Crippen LogP contribution in [-0.2, 0) is 16.1 Å². The van der Waals surface area contributed by atoms with Crippen molar-refractivity contribution in [1.29, 1.82) is 0 Å². The molecule has 1 aromatic carbocycles. The summed E-state index contributed by atoms with van der Waals surface area (Å²) in [7, 11) is 0. The molecule has 1 aromatic rings. The quantitative estimate of drug-likeness (QED) is 0.834. The van der Waals surface area contributed by atoms with Gasteiger partial charge < -0.3 is 9.84 Å². The number of carboxylic acid groups (broad SMARTS) is 1. The summed E-state index contributed by atoms with van der Waals surface area (Å²) in [6, 6.07) is 9.62. The van der Waals surface area contributed by atoms with E-state index in [-0.39, 0.29) is 0 Å². The van der Waals surface area contributed by atoms with E-state index in [4.69, 9.17) is 4.74 Å². The van der Waals surface area contributed by atoms with Crippen LogP contribution in [0.25, 0.3) is 0 Å². The van der Waals surface area contributed by atoms with Gasteiger partial charge in [0.2, 0.25) is 5.72 Å². The summed E-state index contributed by atoms with van der Waals surface area (Å²) in [5.74, 6) is -0.923. The monoisotopic (exact) mass is 235 g/mol. The van der Waals surface area contributed by atoms with E-state index >= 15 is 0 Å². The highest BCUT2D eigenvalue weighted by Crippen LogP contribution is 2.22. The zero-order valence-corrected chi connectivity index (χ0v) is 9.69. The molecule has 1 aliphatic heterocycles. The Kier molecular flexibility index (Phi) is 3.76. The number of benzene rings is 1. The van der Waals surface area contributed by atoms with Crippen molar-refractivity contribution in [2.24, 2.45) is 0 Å². The number of carbonyl (C=O) groups is 1. The second-order valence-electron chi connectivity index (χ2n) is 4.29. The first-order valence-corrected chi connectivity index (χ1v) is 5.89. The van der Waals surface area contributed by atoms with Crippen molar-refractivity contribution in [3.05, 3.63) is 35.9 Å². The number of piperidine rings is 1. The summed E-state index contributed by atoms with van der Waals surface area (Å²) in [5.41, 5.74) is -0.214. The SMILES string of the molecule is O=C(O)C1(OCc2ccccc2)CCCCN1. The molecule has 92 valence electrons. The van der Waals surface area contributed by atoms with Crippen LogP contribution in [-0.4, -0.2) is 23.3 Å². The lowest BCUT2D eigenvalue weighted by Gasteiger charge is -2.34. The molecule has 1 saturated heterocycles. The van der Waals surface area contributed by atoms with Crippen molar-refractivity contribution in [3.63, 3.8) is 0 Å². The maximum atomic E-state index is 11.3. The number of carboxylic acids is 1. The first-order valence-electron chi connectivity index (χ1n) is 5.89. The van der Waals surface area contributed by atoms with Crippen LogP contribution in [0.3, 0.4) is 0 Å². The molecular weight excluding hydrogens is 218 g/mol. The van der Waals surface area contributed by atoms with Gasteiger partial charge in [0.15, 0.2) is 0 Å². The highest BCUT2D eigenvalue weighted by Gasteiger charge is 2.40. The Morgan fingerprint density at radius 1 is 1.35 bits per heavy atom. The summed E-state index contributed by atoms with van der Waals surface area (Å²) >= 11 is 0. The zero-order valence-electron chi connectivity index (χ0n) is 9.69. The molecule has 2 N–H and O–H groups in total. The third kappa shape index (κ3) is 2.84. The number of hydrogen-bond donors (Lipinski definition) is 2. The predicted octanol–water partition coefficient (Wildman–Crippen LogP) is 1.76. The third-order valence-electron chi connectivity index (χ3n) is 3.04. The van der Waals surface area contributed by atoms with Gasteiger partial charge in [0.25, 0.3) is 0 Å². The van der Waals surface area contributed by atoms with Crippen LogP contribution >= 0.6 is 0 Å². The molecule has 17 heavy (non-hydrogen) atoms. The van der Waals surface area contributed by atoms with E-state index in [0.717, 1.165) is 18.4 Å². The van der Waals surface area contributed by atoms with Crippen molar-refractivity contribution in [2.75, 3.05) is 6.54 Å². The van der Waals surface area contributed by atoms with E-state index in [0.29, 0.717) is 19.6 Å². The molecule has 1 fully saturated rings. The molecule has 0 radical (unpaired) electrons. The minimum Gasteiger partial charge on any atom is -0.478 e. The van der Waals surface area contributed by atoms with E-state index in [2.05, 4.69) is 5.32 Å². The maximum absolute atomic E-state index is 11.3. The van der Waals surface area contributed by atoms with Crippen LogP contribution in [0.15, 0.2) is 30.3 Å². The van der Waals surface area contributed by atoms with Crippen LogP contribution < -0.4 is 5.32 Å². The molecule has 0 bridgehead atoms. The van der Waals surface area contributed by atoms with Gasteiger partial charge in [-0.1, -0.05) is 30.3 Å². The largest absolute Gasteiger partial charge is 0.478 e. The normalized spacial score (nSPS) is 24.5. The average molecular weight is 235 g/mol. The summed E-state index contributed by atoms with van der Waals surface area (Å²) in [6.07, 6.45) is 2.41. The number of rotatable bonds is 4. The fourth-order valence-electron chi connectivity index (χ4n) is 2.03. The highest BCUT2D eigenvalue weighted by molar-refractivity contribution is 5.77. The lowest BCUT2D eigenvalue weighted by atomic mass is 10.0. The van der Waals surface area contributed by atoms with Crippen LogP contribution in [0.1, 0.15) is 24.8 Å². The smallest absolute Gasteiger partial charge is 0.351 e. The van der Waals surface area contributed by atoms with Gasteiger partial charge in [-0.25, -0.2) is 4.79 Å². The second kappa shape index (κ2) is 5.29. The van der Waals surface area contributed by atoms with Gasteiger partial charge in [0.05, 0.1) is 6.61 Å². The number of ether oxygens (including phenoxy) is 1. The minimum absolute atomic E-state index is 0.320. The van der Waals surface area contributed by atoms with Crippen LogP contribution in [0.2, 0.25) is 0 Å². The fraction of sp³-hybridized carbons (Fsp3) is 0.462. The summed E-state index contributed by atoms with van der Waals surface area (Å²) in [4.78, 5) is 11.3. The van der Waals surface area contributed by atoms with Crippen LogP contribution in [0.4, 0.5) is 0 Å². The van der Waals surface area contributed by atoms with Gasteiger partial charge in [-0.15, -0.1) is 0 Å². The molecule has 1 heterocycles. The Hall–Kier alpha value is -1.39. The molecule has 4 nitrogen and oxygen atoms in total. The molecule has 0 saturated carbocycles. The molecule has 4 heteroatoms. The third-order valence-corrected chi connectivity index (χ3v) is 3.04. The lowest BCUT2D eigenvalue weighted by Crippen LogP contribution is -2.56. The summed E-state index contributed by atoms with van der Waals surface area (Å²) < 4.78 is 5.61. The molecule has 2 rings (SSSR count). The summed E-state index contributed by atoms with van der Waals surface area (Å²) in [5, 5.41) is 12.3. The Morgan fingerprint density at radius 2 is 2.12 bits per heavy atom. The Balaban J connectivity index is 2.01. The van der Waals surface area contributed by atoms with Gasteiger partial charge in [-0.3, -0.25) is 5.32 Å². The van der Waals surface area contributed by atoms with Crippen molar-refractivity contribution in [3.8, 4) is 0 Å². The van der Waals surface area contributed by atoms with Crippen molar-refractivity contribution >= 4 is 5.97 Å². The Bertz CT molecular complexity index is 372. The van der Waals surface area contributed by atoms with Crippen molar-refractivity contribution in [2.45, 2.75) is 31.6 Å². The van der Waals surface area contributed by atoms with Crippen molar-refractivity contribution in [1.82, 2.24) is 5.32 Å². The minimum atomic E-state index is -1.20. The highest BCUT2D eigenvalue weighted by atomic mass is 16.5.